The fraction of sp³-hybridized carbons (Fsp3) is 0.103. The van der Waals surface area contributed by atoms with Crippen molar-refractivity contribution in [2.45, 2.75) is 24.0 Å². The molecule has 0 saturated heterocycles. The van der Waals surface area contributed by atoms with Crippen LogP contribution in [0.15, 0.2) is 120 Å². The molecular weight excluding hydrogens is 704 g/mol. The van der Waals surface area contributed by atoms with E-state index < -0.39 is 40.7 Å². The van der Waals surface area contributed by atoms with Gasteiger partial charge in [-0.2, -0.15) is 0 Å². The van der Waals surface area contributed by atoms with Crippen LogP contribution in [-0.2, 0) is 14.3 Å². The molecule has 264 valence electrons. The number of methoxy groups -OCH3 is 1. The number of para-hydroxylation sites is 1. The van der Waals surface area contributed by atoms with Crippen LogP contribution >= 0.6 is 23.1 Å². The van der Waals surface area contributed by atoms with Crippen molar-refractivity contribution in [2.75, 3.05) is 23.1 Å². The van der Waals surface area contributed by atoms with Gasteiger partial charge in [-0.3, -0.25) is 19.2 Å². The molecule has 13 heteroatoms. The van der Waals surface area contributed by atoms with E-state index in [1.54, 1.807) is 98.8 Å². The first-order valence-corrected chi connectivity index (χ1v) is 17.5. The van der Waals surface area contributed by atoms with Crippen molar-refractivity contribution in [1.82, 2.24) is 5.32 Å². The number of thioether (sulfide) groups is 1. The van der Waals surface area contributed by atoms with E-state index in [9.17, 15) is 28.4 Å². The lowest BCUT2D eigenvalue weighted by molar-refractivity contribution is -0.115. The molecule has 0 saturated carbocycles. The molecular formula is C39H33FN4O6S2. The Balaban J connectivity index is 1.30. The van der Waals surface area contributed by atoms with Crippen molar-refractivity contribution in [2.24, 2.45) is 0 Å². The normalized spacial score (nSPS) is 11.6. The number of hydrogen-bond acceptors (Lipinski definition) is 8. The first-order chi connectivity index (χ1) is 25.0. The van der Waals surface area contributed by atoms with Gasteiger partial charge in [-0.15, -0.1) is 23.1 Å². The van der Waals surface area contributed by atoms with E-state index in [4.69, 9.17) is 4.74 Å². The van der Waals surface area contributed by atoms with Gasteiger partial charge in [0.15, 0.2) is 0 Å². The minimum absolute atomic E-state index is 0.0829. The number of amides is 4. The van der Waals surface area contributed by atoms with Crippen molar-refractivity contribution in [3.63, 3.8) is 0 Å². The Morgan fingerprint density at radius 3 is 2.13 bits per heavy atom. The Bertz CT molecular complexity index is 2150. The van der Waals surface area contributed by atoms with Gasteiger partial charge in [-0.25, -0.2) is 9.18 Å². The molecule has 0 fully saturated rings. The Morgan fingerprint density at radius 1 is 0.788 bits per heavy atom. The maximum Gasteiger partial charge on any atom is 0.341 e. The summed E-state index contributed by atoms with van der Waals surface area (Å²) in [4.78, 5) is 66.5. The van der Waals surface area contributed by atoms with Crippen LogP contribution in [0.5, 0.6) is 0 Å². The summed E-state index contributed by atoms with van der Waals surface area (Å²) in [6, 6.07) is 29.7. The first kappa shape index (κ1) is 37.2. The molecule has 1 aromatic heterocycles. The Labute approximate surface area is 307 Å². The van der Waals surface area contributed by atoms with Crippen molar-refractivity contribution in [1.29, 1.82) is 0 Å². The molecule has 0 radical (unpaired) electrons. The van der Waals surface area contributed by atoms with E-state index in [-0.39, 0.29) is 26.7 Å². The quantitative estimate of drug-likeness (QED) is 0.0583. The molecule has 4 amide bonds. The minimum atomic E-state index is -0.699. The molecule has 10 nitrogen and oxygen atoms in total. The predicted molar refractivity (Wildman–Crippen MR) is 202 cm³/mol. The monoisotopic (exact) mass is 736 g/mol. The molecule has 1 unspecified atom stereocenters. The van der Waals surface area contributed by atoms with Gasteiger partial charge in [0.25, 0.3) is 17.7 Å². The third kappa shape index (κ3) is 9.38. The van der Waals surface area contributed by atoms with E-state index in [2.05, 4.69) is 21.3 Å². The molecule has 1 atom stereocenters. The second-order valence-corrected chi connectivity index (χ2v) is 13.6. The number of benzene rings is 4. The summed E-state index contributed by atoms with van der Waals surface area (Å²) in [5, 5.41) is 10.4. The van der Waals surface area contributed by atoms with Crippen LogP contribution in [-0.4, -0.2) is 42.0 Å². The maximum absolute atomic E-state index is 14.5. The molecule has 4 aromatic carbocycles. The summed E-state index contributed by atoms with van der Waals surface area (Å²) >= 11 is 2.15. The number of thiophene rings is 1. The van der Waals surface area contributed by atoms with Crippen molar-refractivity contribution >= 4 is 75.1 Å². The number of ether oxygens (including phenoxy) is 1. The van der Waals surface area contributed by atoms with E-state index in [1.807, 2.05) is 6.07 Å². The highest BCUT2D eigenvalue weighted by Gasteiger charge is 2.28. The second-order valence-electron chi connectivity index (χ2n) is 11.2. The van der Waals surface area contributed by atoms with Gasteiger partial charge in [0.1, 0.15) is 16.5 Å². The minimum Gasteiger partial charge on any atom is -0.465 e. The summed E-state index contributed by atoms with van der Waals surface area (Å²) < 4.78 is 19.5. The Hall–Kier alpha value is -6.05. The lowest BCUT2D eigenvalue weighted by Gasteiger charge is -2.14. The topological polar surface area (TPSA) is 143 Å². The summed E-state index contributed by atoms with van der Waals surface area (Å²) in [5.41, 5.74) is 1.60. The van der Waals surface area contributed by atoms with Gasteiger partial charge in [0, 0.05) is 27.4 Å². The zero-order valence-corrected chi connectivity index (χ0v) is 29.8. The lowest BCUT2D eigenvalue weighted by Crippen LogP contribution is -2.30. The number of carbonyl (C=O) groups excluding carboxylic acids is 5. The van der Waals surface area contributed by atoms with Crippen LogP contribution in [0.4, 0.5) is 20.8 Å². The first-order valence-electron chi connectivity index (χ1n) is 15.8. The number of esters is 1. The molecule has 52 heavy (non-hydrogen) atoms. The second kappa shape index (κ2) is 17.2. The summed E-state index contributed by atoms with van der Waals surface area (Å²) in [7, 11) is 1.22. The van der Waals surface area contributed by atoms with Crippen LogP contribution < -0.4 is 21.3 Å². The SMILES string of the molecule is COC(=O)c1c(NC(=O)C(C)Sc2cccc(NC(=O)/C(=C/c3ccccc3F)NC(=O)c3ccccc3)c2)sc(C(=O)Nc2ccccc2)c1C. The van der Waals surface area contributed by atoms with Crippen LogP contribution in [0, 0.1) is 12.7 Å². The van der Waals surface area contributed by atoms with Crippen molar-refractivity contribution < 1.29 is 33.1 Å². The summed E-state index contributed by atoms with van der Waals surface area (Å²) in [6.07, 6.45) is 1.25. The number of nitrogens with one attached hydrogen (secondary N) is 4. The van der Waals surface area contributed by atoms with E-state index in [0.717, 1.165) is 11.3 Å². The van der Waals surface area contributed by atoms with Crippen molar-refractivity contribution in [3.05, 3.63) is 148 Å². The van der Waals surface area contributed by atoms with Crippen LogP contribution in [0.25, 0.3) is 6.08 Å². The summed E-state index contributed by atoms with van der Waals surface area (Å²) in [5.74, 6) is -3.41. The Morgan fingerprint density at radius 2 is 1.44 bits per heavy atom. The third-order valence-electron chi connectivity index (χ3n) is 7.52. The van der Waals surface area contributed by atoms with Gasteiger partial charge in [0.2, 0.25) is 5.91 Å². The van der Waals surface area contributed by atoms with E-state index >= 15 is 0 Å². The van der Waals surface area contributed by atoms with Gasteiger partial charge in [-0.05, 0) is 74.0 Å². The zero-order chi connectivity index (χ0) is 37.2. The average Bonchev–Trinajstić information content (AvgIpc) is 3.47. The van der Waals surface area contributed by atoms with E-state index in [1.165, 1.54) is 43.1 Å². The van der Waals surface area contributed by atoms with Crippen molar-refractivity contribution in [3.8, 4) is 0 Å². The summed E-state index contributed by atoms with van der Waals surface area (Å²) in [6.45, 7) is 3.28. The zero-order valence-electron chi connectivity index (χ0n) is 28.2. The maximum atomic E-state index is 14.5. The van der Waals surface area contributed by atoms with Crippen LogP contribution in [0.2, 0.25) is 0 Å². The largest absolute Gasteiger partial charge is 0.465 e. The molecule has 5 rings (SSSR count). The van der Waals surface area contributed by atoms with Gasteiger partial charge < -0.3 is 26.0 Å². The fourth-order valence-corrected chi connectivity index (χ4v) is 6.90. The number of rotatable bonds is 12. The number of halogens is 1. The number of carbonyl (C=O) groups is 5. The molecule has 0 aliphatic carbocycles. The highest BCUT2D eigenvalue weighted by atomic mass is 32.2. The predicted octanol–water partition coefficient (Wildman–Crippen LogP) is 7.76. The molecule has 0 bridgehead atoms. The number of anilines is 3. The average molecular weight is 737 g/mol. The van der Waals surface area contributed by atoms with Crippen LogP contribution in [0.1, 0.15) is 48.4 Å². The smallest absolute Gasteiger partial charge is 0.341 e. The fourth-order valence-electron chi connectivity index (χ4n) is 4.88. The third-order valence-corrected chi connectivity index (χ3v) is 9.82. The van der Waals surface area contributed by atoms with E-state index in [0.29, 0.717) is 27.4 Å². The van der Waals surface area contributed by atoms with Gasteiger partial charge in [-0.1, -0.05) is 60.7 Å². The molecule has 1 heterocycles. The highest BCUT2D eigenvalue weighted by molar-refractivity contribution is 8.00. The van der Waals surface area contributed by atoms with Gasteiger partial charge in [0.05, 0.1) is 22.8 Å². The van der Waals surface area contributed by atoms with Gasteiger partial charge >= 0.3 is 5.97 Å². The number of hydrogen-bond donors (Lipinski definition) is 4. The molecule has 5 aromatic rings. The lowest BCUT2D eigenvalue weighted by atomic mass is 10.1. The highest BCUT2D eigenvalue weighted by Crippen LogP contribution is 2.35. The molecule has 0 aliphatic heterocycles. The standard InChI is InChI=1S/C39H33FN4O6S2/c1-23-32(39(49)50-3)38(52-33(23)37(48)41-27-16-8-5-9-17-27)44-34(45)24(2)51-29-19-12-18-28(22-29)42-36(47)31(21-26-15-10-11-20-30(26)40)43-35(46)25-13-6-4-7-14-25/h4-22,24H,1-3H3,(H,41,48)(H,42,47)(H,43,46)(H,44,45)/b31-21-. The molecule has 4 N–H and O–H groups in total. The molecule has 0 aliphatic rings. The molecule has 0 spiro atoms. The Kier molecular flexibility index (Phi) is 12.3. The van der Waals surface area contributed by atoms with Crippen LogP contribution in [0.3, 0.4) is 0 Å².